The highest BCUT2D eigenvalue weighted by Gasteiger charge is 2.31. The van der Waals surface area contributed by atoms with Gasteiger partial charge in [-0.25, -0.2) is 8.78 Å². The summed E-state index contributed by atoms with van der Waals surface area (Å²) < 4.78 is 25.5. The summed E-state index contributed by atoms with van der Waals surface area (Å²) in [5, 5.41) is 0. The van der Waals surface area contributed by atoms with E-state index in [1.54, 1.807) is 0 Å². The molecule has 0 radical (unpaired) electrons. The van der Waals surface area contributed by atoms with Crippen LogP contribution in [0.2, 0.25) is 0 Å². The topological polar surface area (TPSA) is 0 Å². The van der Waals surface area contributed by atoms with Crippen LogP contribution in [0.1, 0.15) is 45.4 Å². The first-order valence-electron chi connectivity index (χ1n) is 4.52. The molecule has 1 atom stereocenters. The van der Waals surface area contributed by atoms with Crippen molar-refractivity contribution in [3.63, 3.8) is 0 Å². The van der Waals surface area contributed by atoms with Gasteiger partial charge in [0.05, 0.1) is 0 Å². The molecule has 0 bridgehead atoms. The van der Waals surface area contributed by atoms with E-state index in [1.165, 1.54) is 0 Å². The van der Waals surface area contributed by atoms with Crippen molar-refractivity contribution in [2.75, 3.05) is 0 Å². The first-order chi connectivity index (χ1) is 5.14. The normalized spacial score (nSPS) is 31.4. The summed E-state index contributed by atoms with van der Waals surface area (Å²) in [5.74, 6) is -1.80. The van der Waals surface area contributed by atoms with Crippen LogP contribution in [0.15, 0.2) is 0 Å². The lowest BCUT2D eigenvalue weighted by atomic mass is 9.98. The Labute approximate surface area is 67.0 Å². The first kappa shape index (κ1) is 8.95. The average Bonchev–Trinajstić information content (AvgIpc) is 2.10. The second-order valence-electron chi connectivity index (χ2n) is 3.56. The highest BCUT2D eigenvalue weighted by atomic mass is 19.3. The van der Waals surface area contributed by atoms with Gasteiger partial charge in [-0.15, -0.1) is 0 Å². The third-order valence-corrected chi connectivity index (χ3v) is 2.65. The van der Waals surface area contributed by atoms with Crippen LogP contribution in [-0.4, -0.2) is 5.92 Å². The molecule has 1 rings (SSSR count). The minimum Gasteiger partial charge on any atom is -0.207 e. The van der Waals surface area contributed by atoms with Gasteiger partial charge in [0, 0.05) is 12.8 Å². The highest BCUT2D eigenvalue weighted by Crippen LogP contribution is 2.35. The Balaban J connectivity index is 2.39. The van der Waals surface area contributed by atoms with E-state index in [-0.39, 0.29) is 12.8 Å². The van der Waals surface area contributed by atoms with E-state index in [9.17, 15) is 8.78 Å². The van der Waals surface area contributed by atoms with Crippen molar-refractivity contribution in [2.45, 2.75) is 51.4 Å². The van der Waals surface area contributed by atoms with Crippen molar-refractivity contribution in [3.8, 4) is 0 Å². The van der Waals surface area contributed by atoms with Crippen LogP contribution in [0.4, 0.5) is 8.78 Å². The van der Waals surface area contributed by atoms with E-state index >= 15 is 0 Å². The molecule has 0 nitrogen and oxygen atoms in total. The molecule has 1 unspecified atom stereocenters. The van der Waals surface area contributed by atoms with Gasteiger partial charge in [-0.3, -0.25) is 0 Å². The lowest BCUT2D eigenvalue weighted by Gasteiger charge is -2.12. The Kier molecular flexibility index (Phi) is 2.85. The molecule has 0 saturated heterocycles. The average molecular weight is 162 g/mol. The Bertz CT molecular complexity index is 121. The minimum absolute atomic E-state index is 0.115. The van der Waals surface area contributed by atoms with E-state index in [2.05, 4.69) is 6.92 Å². The van der Waals surface area contributed by atoms with Crippen LogP contribution in [0, 0.1) is 5.92 Å². The van der Waals surface area contributed by atoms with E-state index in [4.69, 9.17) is 0 Å². The maximum absolute atomic E-state index is 12.8. The van der Waals surface area contributed by atoms with Gasteiger partial charge in [-0.2, -0.15) is 0 Å². The van der Waals surface area contributed by atoms with Gasteiger partial charge in [-0.05, 0) is 18.8 Å². The zero-order valence-corrected chi connectivity index (χ0v) is 7.08. The first-order valence-corrected chi connectivity index (χ1v) is 4.52. The quantitative estimate of drug-likeness (QED) is 0.517. The summed E-state index contributed by atoms with van der Waals surface area (Å²) in [7, 11) is 0. The third kappa shape index (κ3) is 2.76. The summed E-state index contributed by atoms with van der Waals surface area (Å²) in [6.07, 6.45) is 3.74. The molecular formula is C9H16F2. The molecule has 0 N–H and O–H groups in total. The van der Waals surface area contributed by atoms with Crippen molar-refractivity contribution in [1.29, 1.82) is 0 Å². The van der Waals surface area contributed by atoms with Gasteiger partial charge in [0.15, 0.2) is 0 Å². The van der Waals surface area contributed by atoms with E-state index in [0.717, 1.165) is 19.3 Å². The van der Waals surface area contributed by atoms with Gasteiger partial charge in [0.25, 0.3) is 0 Å². The molecule has 0 heterocycles. The fraction of sp³-hybridized carbons (Fsp3) is 1.00. The van der Waals surface area contributed by atoms with Crippen molar-refractivity contribution in [3.05, 3.63) is 0 Å². The zero-order valence-electron chi connectivity index (χ0n) is 7.08. The molecule has 2 heteroatoms. The second-order valence-corrected chi connectivity index (χ2v) is 3.56. The summed E-state index contributed by atoms with van der Waals surface area (Å²) in [4.78, 5) is 0. The van der Waals surface area contributed by atoms with Crippen LogP contribution in [0.3, 0.4) is 0 Å². The summed E-state index contributed by atoms with van der Waals surface area (Å²) in [6, 6.07) is 0. The monoisotopic (exact) mass is 162 g/mol. The number of hydrogen-bond acceptors (Lipinski definition) is 0. The SMILES string of the molecule is CCC1CCCC(F)(F)CC1. The van der Waals surface area contributed by atoms with E-state index in [1.807, 2.05) is 0 Å². The van der Waals surface area contributed by atoms with Crippen molar-refractivity contribution >= 4 is 0 Å². The van der Waals surface area contributed by atoms with E-state index < -0.39 is 5.92 Å². The maximum Gasteiger partial charge on any atom is 0.248 e. The van der Waals surface area contributed by atoms with Crippen molar-refractivity contribution in [1.82, 2.24) is 0 Å². The van der Waals surface area contributed by atoms with Crippen LogP contribution in [-0.2, 0) is 0 Å². The molecule has 1 saturated carbocycles. The molecule has 0 aromatic rings. The maximum atomic E-state index is 12.8. The zero-order chi connectivity index (χ0) is 8.32. The van der Waals surface area contributed by atoms with Gasteiger partial charge < -0.3 is 0 Å². The second kappa shape index (κ2) is 3.51. The Morgan fingerprint density at radius 1 is 1.27 bits per heavy atom. The van der Waals surface area contributed by atoms with E-state index in [0.29, 0.717) is 12.3 Å². The van der Waals surface area contributed by atoms with Crippen LogP contribution >= 0.6 is 0 Å². The Morgan fingerprint density at radius 2 is 2.00 bits per heavy atom. The molecule has 1 aliphatic rings. The van der Waals surface area contributed by atoms with Gasteiger partial charge in [0.2, 0.25) is 5.92 Å². The van der Waals surface area contributed by atoms with Gasteiger partial charge in [-0.1, -0.05) is 19.8 Å². The molecule has 1 fully saturated rings. The lowest BCUT2D eigenvalue weighted by Crippen LogP contribution is -2.13. The lowest BCUT2D eigenvalue weighted by molar-refractivity contribution is -0.0148. The molecule has 11 heavy (non-hydrogen) atoms. The van der Waals surface area contributed by atoms with Crippen molar-refractivity contribution in [2.24, 2.45) is 5.92 Å². The van der Waals surface area contributed by atoms with Crippen LogP contribution < -0.4 is 0 Å². The minimum atomic E-state index is -2.36. The Hall–Kier alpha value is -0.140. The standard InChI is InChI=1S/C9H16F2/c1-2-8-4-3-6-9(10,11)7-5-8/h8H,2-7H2,1H3. The largest absolute Gasteiger partial charge is 0.248 e. The molecule has 0 spiro atoms. The number of hydrogen-bond donors (Lipinski definition) is 0. The summed E-state index contributed by atoms with van der Waals surface area (Å²) in [6.45, 7) is 2.09. The molecule has 66 valence electrons. The highest BCUT2D eigenvalue weighted by molar-refractivity contribution is 4.74. The van der Waals surface area contributed by atoms with Gasteiger partial charge in [0.1, 0.15) is 0 Å². The van der Waals surface area contributed by atoms with Crippen LogP contribution in [0.5, 0.6) is 0 Å². The smallest absolute Gasteiger partial charge is 0.207 e. The molecule has 0 aromatic heterocycles. The predicted molar refractivity (Wildman–Crippen MR) is 41.8 cm³/mol. The fourth-order valence-corrected chi connectivity index (χ4v) is 1.74. The predicted octanol–water partition coefficient (Wildman–Crippen LogP) is 3.61. The number of rotatable bonds is 1. The molecule has 0 aliphatic heterocycles. The van der Waals surface area contributed by atoms with Crippen LogP contribution in [0.25, 0.3) is 0 Å². The fourth-order valence-electron chi connectivity index (χ4n) is 1.74. The molecule has 0 aromatic carbocycles. The molecular weight excluding hydrogens is 146 g/mol. The summed E-state index contributed by atoms with van der Waals surface area (Å²) >= 11 is 0. The van der Waals surface area contributed by atoms with Gasteiger partial charge >= 0.3 is 0 Å². The van der Waals surface area contributed by atoms with Crippen molar-refractivity contribution < 1.29 is 8.78 Å². The Morgan fingerprint density at radius 3 is 2.64 bits per heavy atom. The molecule has 1 aliphatic carbocycles. The molecule has 0 amide bonds. The number of alkyl halides is 2. The summed E-state index contributed by atoms with van der Waals surface area (Å²) in [5.41, 5.74) is 0. The number of halogens is 2. The third-order valence-electron chi connectivity index (χ3n) is 2.65.